The number of carbonyl (C=O) groups excluding carboxylic acids is 1. The van der Waals surface area contributed by atoms with Gasteiger partial charge in [-0.15, -0.1) is 13.2 Å². The summed E-state index contributed by atoms with van der Waals surface area (Å²) in [5.41, 5.74) is 0.512. The summed E-state index contributed by atoms with van der Waals surface area (Å²) in [5, 5.41) is 9.52. The van der Waals surface area contributed by atoms with Crippen molar-refractivity contribution in [3.8, 4) is 5.75 Å². The standard InChI is InChI=1S/C13H13F3N2O3/c14-13(15,16)21-11-3-1-8(2-4-11)17-6-9-5-10(19)7-18(9)12(17)20/h1-4,9-10,19H,5-7H2/t9-,10-/m0/s1. The number of carbonyl (C=O) groups is 1. The van der Waals surface area contributed by atoms with Crippen molar-refractivity contribution in [2.24, 2.45) is 0 Å². The molecule has 2 aliphatic heterocycles. The molecule has 0 saturated carbocycles. The summed E-state index contributed by atoms with van der Waals surface area (Å²) in [6.07, 6.45) is -4.70. The molecule has 2 atom stereocenters. The number of aliphatic hydroxyl groups excluding tert-OH is 1. The molecule has 0 spiro atoms. The lowest BCUT2D eigenvalue weighted by Gasteiger charge is -2.18. The highest BCUT2D eigenvalue weighted by Gasteiger charge is 2.44. The highest BCUT2D eigenvalue weighted by atomic mass is 19.4. The van der Waals surface area contributed by atoms with Crippen molar-refractivity contribution in [1.29, 1.82) is 0 Å². The van der Waals surface area contributed by atoms with Crippen molar-refractivity contribution in [2.45, 2.75) is 24.9 Å². The number of ether oxygens (including phenoxy) is 1. The smallest absolute Gasteiger partial charge is 0.406 e. The minimum absolute atomic E-state index is 0.0430. The van der Waals surface area contributed by atoms with Gasteiger partial charge in [-0.25, -0.2) is 4.79 Å². The first-order chi connectivity index (χ1) is 9.83. The van der Waals surface area contributed by atoms with E-state index in [0.717, 1.165) is 0 Å². The van der Waals surface area contributed by atoms with E-state index in [1.807, 2.05) is 0 Å². The molecule has 1 aromatic carbocycles. The average molecular weight is 302 g/mol. The molecule has 2 fully saturated rings. The van der Waals surface area contributed by atoms with Crippen LogP contribution in [0.3, 0.4) is 0 Å². The van der Waals surface area contributed by atoms with Gasteiger partial charge in [0.2, 0.25) is 0 Å². The highest BCUT2D eigenvalue weighted by molar-refractivity contribution is 5.95. The molecule has 0 unspecified atom stereocenters. The van der Waals surface area contributed by atoms with Gasteiger partial charge in [-0.3, -0.25) is 4.90 Å². The molecule has 0 radical (unpaired) electrons. The molecule has 2 saturated heterocycles. The van der Waals surface area contributed by atoms with Crippen LogP contribution in [-0.4, -0.2) is 47.6 Å². The van der Waals surface area contributed by atoms with Gasteiger partial charge in [-0.1, -0.05) is 0 Å². The van der Waals surface area contributed by atoms with Gasteiger partial charge in [0, 0.05) is 18.8 Å². The average Bonchev–Trinajstić information content (AvgIpc) is 2.87. The van der Waals surface area contributed by atoms with Crippen LogP contribution in [0.15, 0.2) is 24.3 Å². The Kier molecular flexibility index (Phi) is 3.20. The van der Waals surface area contributed by atoms with Crippen molar-refractivity contribution in [1.82, 2.24) is 4.90 Å². The van der Waals surface area contributed by atoms with Gasteiger partial charge in [0.15, 0.2) is 0 Å². The number of amides is 2. The molecule has 2 heterocycles. The van der Waals surface area contributed by atoms with E-state index in [1.165, 1.54) is 29.2 Å². The van der Waals surface area contributed by atoms with E-state index in [1.54, 1.807) is 4.90 Å². The maximum atomic E-state index is 12.2. The molecule has 8 heteroatoms. The van der Waals surface area contributed by atoms with E-state index in [-0.39, 0.29) is 17.8 Å². The first-order valence-electron chi connectivity index (χ1n) is 6.45. The number of hydrogen-bond donors (Lipinski definition) is 1. The van der Waals surface area contributed by atoms with Crippen LogP contribution in [0.1, 0.15) is 6.42 Å². The lowest BCUT2D eigenvalue weighted by Crippen LogP contribution is -2.33. The summed E-state index contributed by atoms with van der Waals surface area (Å²) >= 11 is 0. The van der Waals surface area contributed by atoms with E-state index in [9.17, 15) is 23.1 Å². The molecule has 0 aliphatic carbocycles. The normalized spacial score (nSPS) is 25.4. The molecule has 5 nitrogen and oxygen atoms in total. The van der Waals surface area contributed by atoms with Gasteiger partial charge in [-0.05, 0) is 30.7 Å². The van der Waals surface area contributed by atoms with Crippen molar-refractivity contribution < 1.29 is 27.8 Å². The zero-order valence-electron chi connectivity index (χ0n) is 10.9. The summed E-state index contributed by atoms with van der Waals surface area (Å²) in [7, 11) is 0. The fourth-order valence-corrected chi connectivity index (χ4v) is 2.79. The Hall–Kier alpha value is -1.96. The number of aliphatic hydroxyl groups is 1. The molecular formula is C13H13F3N2O3. The molecular weight excluding hydrogens is 289 g/mol. The Morgan fingerprint density at radius 2 is 1.86 bits per heavy atom. The van der Waals surface area contributed by atoms with Crippen LogP contribution in [-0.2, 0) is 0 Å². The van der Waals surface area contributed by atoms with E-state index < -0.39 is 12.5 Å². The number of urea groups is 1. The summed E-state index contributed by atoms with van der Waals surface area (Å²) < 4.78 is 40.0. The number of halogens is 3. The first-order valence-corrected chi connectivity index (χ1v) is 6.45. The van der Waals surface area contributed by atoms with Crippen LogP contribution in [0, 0.1) is 0 Å². The van der Waals surface area contributed by atoms with Crippen LogP contribution < -0.4 is 9.64 Å². The van der Waals surface area contributed by atoms with Gasteiger partial charge in [0.1, 0.15) is 5.75 Å². The second kappa shape index (κ2) is 4.80. The molecule has 21 heavy (non-hydrogen) atoms. The minimum Gasteiger partial charge on any atom is -0.406 e. The number of fused-ring (bicyclic) bond motifs is 1. The number of benzene rings is 1. The quantitative estimate of drug-likeness (QED) is 0.908. The second-order valence-corrected chi connectivity index (χ2v) is 5.13. The monoisotopic (exact) mass is 302 g/mol. The number of anilines is 1. The van der Waals surface area contributed by atoms with E-state index in [0.29, 0.717) is 25.2 Å². The van der Waals surface area contributed by atoms with Gasteiger partial charge in [0.05, 0.1) is 12.1 Å². The molecule has 0 bridgehead atoms. The van der Waals surface area contributed by atoms with Crippen molar-refractivity contribution in [2.75, 3.05) is 18.0 Å². The molecule has 1 aromatic rings. The fourth-order valence-electron chi connectivity index (χ4n) is 2.79. The van der Waals surface area contributed by atoms with Crippen LogP contribution >= 0.6 is 0 Å². The zero-order chi connectivity index (χ0) is 15.2. The summed E-state index contributed by atoms with van der Waals surface area (Å²) in [6, 6.07) is 4.90. The summed E-state index contributed by atoms with van der Waals surface area (Å²) in [4.78, 5) is 15.3. The van der Waals surface area contributed by atoms with E-state index in [4.69, 9.17) is 0 Å². The predicted molar refractivity (Wildman–Crippen MR) is 67.0 cm³/mol. The van der Waals surface area contributed by atoms with Crippen LogP contribution in [0.4, 0.5) is 23.7 Å². The Labute approximate surface area is 118 Å². The first kappa shape index (κ1) is 14.0. The summed E-state index contributed by atoms with van der Waals surface area (Å²) in [6.45, 7) is 0.727. The Bertz CT molecular complexity index is 547. The maximum absolute atomic E-state index is 12.2. The second-order valence-electron chi connectivity index (χ2n) is 5.13. The molecule has 3 rings (SSSR count). The SMILES string of the molecule is O=C1N(c2ccc(OC(F)(F)F)cc2)C[C@@H]2C[C@H](O)CN12. The van der Waals surface area contributed by atoms with Crippen molar-refractivity contribution >= 4 is 11.7 Å². The minimum atomic E-state index is -4.73. The highest BCUT2D eigenvalue weighted by Crippen LogP contribution is 2.32. The van der Waals surface area contributed by atoms with Gasteiger partial charge >= 0.3 is 12.4 Å². The van der Waals surface area contributed by atoms with Crippen LogP contribution in [0.5, 0.6) is 5.75 Å². The molecule has 1 N–H and O–H groups in total. The molecule has 2 amide bonds. The van der Waals surface area contributed by atoms with Gasteiger partial charge in [-0.2, -0.15) is 0 Å². The molecule has 0 aromatic heterocycles. The lowest BCUT2D eigenvalue weighted by molar-refractivity contribution is -0.274. The molecule has 2 aliphatic rings. The van der Waals surface area contributed by atoms with E-state index in [2.05, 4.69) is 4.74 Å². The van der Waals surface area contributed by atoms with Crippen molar-refractivity contribution in [3.05, 3.63) is 24.3 Å². The summed E-state index contributed by atoms with van der Waals surface area (Å²) in [5.74, 6) is -0.325. The Balaban J connectivity index is 1.72. The van der Waals surface area contributed by atoms with Crippen molar-refractivity contribution in [3.63, 3.8) is 0 Å². The third-order valence-electron chi connectivity index (χ3n) is 3.64. The number of rotatable bonds is 2. The van der Waals surface area contributed by atoms with Crippen LogP contribution in [0.25, 0.3) is 0 Å². The number of hydrogen-bond acceptors (Lipinski definition) is 3. The van der Waals surface area contributed by atoms with Crippen LogP contribution in [0.2, 0.25) is 0 Å². The Morgan fingerprint density at radius 3 is 2.43 bits per heavy atom. The third-order valence-corrected chi connectivity index (χ3v) is 3.64. The largest absolute Gasteiger partial charge is 0.573 e. The van der Waals surface area contributed by atoms with Gasteiger partial charge < -0.3 is 14.7 Å². The van der Waals surface area contributed by atoms with E-state index >= 15 is 0 Å². The topological polar surface area (TPSA) is 53.0 Å². The fraction of sp³-hybridized carbons (Fsp3) is 0.462. The molecule has 114 valence electrons. The van der Waals surface area contributed by atoms with Gasteiger partial charge in [0.25, 0.3) is 0 Å². The Morgan fingerprint density at radius 1 is 1.19 bits per heavy atom. The number of nitrogens with zero attached hydrogens (tertiary/aromatic N) is 2. The maximum Gasteiger partial charge on any atom is 0.573 e. The number of alkyl halides is 3. The zero-order valence-corrected chi connectivity index (χ0v) is 10.9. The lowest BCUT2D eigenvalue weighted by atomic mass is 10.2. The third kappa shape index (κ3) is 2.76. The predicted octanol–water partition coefficient (Wildman–Crippen LogP) is 1.96.